The number of carbonyl (C=O) groups excluding carboxylic acids is 2. The second-order valence-electron chi connectivity index (χ2n) is 19.2. The van der Waals surface area contributed by atoms with Crippen molar-refractivity contribution in [2.24, 2.45) is 0 Å². The van der Waals surface area contributed by atoms with Crippen LogP contribution < -0.4 is 18.9 Å². The minimum atomic E-state index is -0.616. The summed E-state index contributed by atoms with van der Waals surface area (Å²) in [6.45, 7) is 9.60. The molecule has 2 atom stereocenters. The van der Waals surface area contributed by atoms with Crippen LogP contribution in [0.4, 0.5) is 0 Å². The van der Waals surface area contributed by atoms with Gasteiger partial charge in [-0.3, -0.25) is 9.59 Å². The molecule has 2 spiro atoms. The summed E-state index contributed by atoms with van der Waals surface area (Å²) < 4.78 is 47.0. The van der Waals surface area contributed by atoms with Gasteiger partial charge in [0, 0.05) is 25.7 Å². The maximum Gasteiger partial charge on any atom is 0.306 e. The molecule has 6 aromatic carbocycles. The molecule has 0 aromatic heterocycles. The molecular weight excluding hydrogens is 945 g/mol. The average Bonchev–Trinajstić information content (AvgIpc) is 3.43. The number of carbonyl (C=O) groups is 2. The highest BCUT2D eigenvalue weighted by Crippen LogP contribution is 2.40. The third-order valence-electron chi connectivity index (χ3n) is 13.9. The van der Waals surface area contributed by atoms with Crippen LogP contribution in [0, 0.1) is 0 Å². The van der Waals surface area contributed by atoms with E-state index < -0.39 is 23.5 Å². The molecule has 74 heavy (non-hydrogen) atoms. The van der Waals surface area contributed by atoms with Crippen LogP contribution in [-0.4, -0.2) is 75.4 Å². The zero-order chi connectivity index (χ0) is 50.7. The summed E-state index contributed by atoms with van der Waals surface area (Å²) in [7, 11) is 0. The first kappa shape index (κ1) is 50.7. The number of fused-ring (bicyclic) bond motifs is 2. The van der Waals surface area contributed by atoms with Gasteiger partial charge in [0.1, 0.15) is 73.1 Å². The van der Waals surface area contributed by atoms with Crippen LogP contribution in [0.25, 0.3) is 32.7 Å². The van der Waals surface area contributed by atoms with Crippen molar-refractivity contribution in [2.45, 2.75) is 101 Å². The summed E-state index contributed by atoms with van der Waals surface area (Å²) in [5.74, 6) is 1.60. The first-order valence-electron chi connectivity index (χ1n) is 25.7. The Labute approximate surface area is 430 Å². The topological polar surface area (TPSA) is 145 Å². The molecule has 0 N–H and O–H groups in total. The fraction of sp³-hybridized carbons (Fsp3) is 0.367. The van der Waals surface area contributed by atoms with Crippen LogP contribution in [0.3, 0.4) is 0 Å². The Hall–Kier alpha value is -6.78. The van der Waals surface area contributed by atoms with E-state index in [-0.39, 0.29) is 51.5 Å². The van der Waals surface area contributed by atoms with Crippen molar-refractivity contribution in [3.05, 3.63) is 146 Å². The SMILES string of the molecule is C=C(c1ccc(Oc2ccc3ccc(OCCOC(=O)CCC(=O)OCCOc4ccc5ccc(Oc6ccc(C(=C)C7COC8(CCCCC8)OO7)cc6)cc5c4)cc3c2)cc1)C1COC2(CCCCC2)OO1. The fourth-order valence-electron chi connectivity index (χ4n) is 9.61. The average molecular weight is 1010 g/mol. The summed E-state index contributed by atoms with van der Waals surface area (Å²) >= 11 is 0. The maximum atomic E-state index is 12.4. The predicted molar refractivity (Wildman–Crippen MR) is 277 cm³/mol. The molecule has 14 heteroatoms. The van der Waals surface area contributed by atoms with Gasteiger partial charge in [-0.05, 0) is 142 Å². The van der Waals surface area contributed by atoms with Gasteiger partial charge in [-0.15, -0.1) is 0 Å². The Bertz CT molecular complexity index is 2700. The van der Waals surface area contributed by atoms with Crippen LogP contribution in [-0.2, 0) is 48.1 Å². The molecular formula is C60H62O14. The summed E-state index contributed by atoms with van der Waals surface area (Å²) in [5.41, 5.74) is 3.38. The monoisotopic (exact) mass is 1010 g/mol. The molecule has 2 saturated heterocycles. The highest BCUT2D eigenvalue weighted by Gasteiger charge is 2.42. The van der Waals surface area contributed by atoms with Crippen molar-refractivity contribution in [3.8, 4) is 34.5 Å². The number of benzene rings is 6. The van der Waals surface area contributed by atoms with Crippen LogP contribution in [0.2, 0.25) is 0 Å². The molecule has 2 aliphatic carbocycles. The maximum absolute atomic E-state index is 12.4. The van der Waals surface area contributed by atoms with Gasteiger partial charge in [-0.25, -0.2) is 19.6 Å². The fourth-order valence-corrected chi connectivity index (χ4v) is 9.61. The van der Waals surface area contributed by atoms with E-state index in [2.05, 4.69) is 13.2 Å². The lowest BCUT2D eigenvalue weighted by Gasteiger charge is -2.41. The molecule has 0 bridgehead atoms. The highest BCUT2D eigenvalue weighted by atomic mass is 17.2. The molecule has 2 heterocycles. The molecule has 2 unspecified atom stereocenters. The number of rotatable bonds is 19. The minimum absolute atomic E-state index is 0.0198. The van der Waals surface area contributed by atoms with Crippen molar-refractivity contribution in [1.29, 1.82) is 0 Å². The Morgan fingerprint density at radius 2 is 0.811 bits per heavy atom. The van der Waals surface area contributed by atoms with Gasteiger partial charge < -0.3 is 37.9 Å². The predicted octanol–water partition coefficient (Wildman–Crippen LogP) is 12.9. The summed E-state index contributed by atoms with van der Waals surface area (Å²) in [6, 6.07) is 38.4. The Kier molecular flexibility index (Phi) is 16.2. The van der Waals surface area contributed by atoms with E-state index in [0.717, 1.165) is 95.2 Å². The van der Waals surface area contributed by atoms with Gasteiger partial charge in [0.25, 0.3) is 0 Å². The molecule has 2 saturated carbocycles. The third kappa shape index (κ3) is 12.9. The van der Waals surface area contributed by atoms with Gasteiger partial charge in [0.05, 0.1) is 26.1 Å². The van der Waals surface area contributed by atoms with Crippen molar-refractivity contribution >= 4 is 44.6 Å². The molecule has 0 amide bonds. The van der Waals surface area contributed by atoms with E-state index >= 15 is 0 Å². The normalized spacial score (nSPS) is 19.1. The van der Waals surface area contributed by atoms with E-state index in [1.807, 2.05) is 121 Å². The van der Waals surface area contributed by atoms with Crippen LogP contribution in [0.15, 0.2) is 134 Å². The van der Waals surface area contributed by atoms with Gasteiger partial charge in [0.2, 0.25) is 11.6 Å². The lowest BCUT2D eigenvalue weighted by molar-refractivity contribution is -0.483. The molecule has 2 aliphatic heterocycles. The van der Waals surface area contributed by atoms with Gasteiger partial charge in [-0.2, -0.15) is 0 Å². The standard InChI is InChI=1S/C60H62O14/c1-41(55-39-67-59(73-71-55)27-5-3-6-28-59)43-9-17-49(18-10-43)69-53-23-15-45-13-21-51(35-47(45)37-53)63-31-33-65-57(61)25-26-58(62)66-34-32-64-52-22-14-46-16-24-54(38-48(46)36-52)70-50-19-11-44(12-20-50)42(2)56-40-68-60(74-72-56)29-7-4-8-30-60/h9-24,35-38,55-56H,1-8,25-34,39-40H2. The lowest BCUT2D eigenvalue weighted by Crippen LogP contribution is -2.46. The molecule has 6 aromatic rings. The van der Waals surface area contributed by atoms with Crippen molar-refractivity contribution < 1.29 is 67.0 Å². The highest BCUT2D eigenvalue weighted by molar-refractivity contribution is 5.86. The third-order valence-corrected chi connectivity index (χ3v) is 13.9. The van der Waals surface area contributed by atoms with E-state index in [9.17, 15) is 9.59 Å². The van der Waals surface area contributed by atoms with E-state index in [1.54, 1.807) is 0 Å². The van der Waals surface area contributed by atoms with Gasteiger partial charge in [0.15, 0.2) is 0 Å². The van der Waals surface area contributed by atoms with E-state index in [0.29, 0.717) is 47.7 Å². The first-order chi connectivity index (χ1) is 36.2. The molecule has 0 radical (unpaired) electrons. The molecule has 4 aliphatic rings. The Morgan fingerprint density at radius 1 is 0.446 bits per heavy atom. The Balaban J connectivity index is 0.601. The van der Waals surface area contributed by atoms with E-state index in [1.165, 1.54) is 12.8 Å². The lowest BCUT2D eigenvalue weighted by atomic mass is 9.94. The Morgan fingerprint density at radius 3 is 1.19 bits per heavy atom. The van der Waals surface area contributed by atoms with Crippen molar-refractivity contribution in [2.75, 3.05) is 39.6 Å². The summed E-state index contributed by atoms with van der Waals surface area (Å²) in [6.07, 6.45) is 9.06. The summed E-state index contributed by atoms with van der Waals surface area (Å²) in [4.78, 5) is 47.9. The van der Waals surface area contributed by atoms with Crippen LogP contribution in [0.5, 0.6) is 34.5 Å². The smallest absolute Gasteiger partial charge is 0.306 e. The van der Waals surface area contributed by atoms with Crippen LogP contribution >= 0.6 is 0 Å². The van der Waals surface area contributed by atoms with Crippen molar-refractivity contribution in [1.82, 2.24) is 0 Å². The molecule has 386 valence electrons. The van der Waals surface area contributed by atoms with Gasteiger partial charge in [-0.1, -0.05) is 74.5 Å². The van der Waals surface area contributed by atoms with Gasteiger partial charge >= 0.3 is 11.9 Å². The number of esters is 2. The minimum Gasteiger partial charge on any atom is -0.490 e. The largest absolute Gasteiger partial charge is 0.490 e. The van der Waals surface area contributed by atoms with E-state index in [4.69, 9.17) is 57.4 Å². The second kappa shape index (κ2) is 23.6. The molecule has 4 fully saturated rings. The second-order valence-corrected chi connectivity index (χ2v) is 19.2. The molecule has 14 nitrogen and oxygen atoms in total. The molecule has 10 rings (SSSR count). The number of ether oxygens (including phenoxy) is 8. The first-order valence-corrected chi connectivity index (χ1v) is 25.7. The number of hydrogen-bond acceptors (Lipinski definition) is 14. The quantitative estimate of drug-likeness (QED) is 0.0431. The summed E-state index contributed by atoms with van der Waals surface area (Å²) in [5, 5.41) is 3.85. The number of hydrogen-bond donors (Lipinski definition) is 0. The van der Waals surface area contributed by atoms with Crippen LogP contribution in [0.1, 0.15) is 88.2 Å². The zero-order valence-corrected chi connectivity index (χ0v) is 41.6. The zero-order valence-electron chi connectivity index (χ0n) is 41.6. The van der Waals surface area contributed by atoms with Crippen molar-refractivity contribution in [3.63, 3.8) is 0 Å².